The van der Waals surface area contributed by atoms with Crippen molar-refractivity contribution in [1.82, 2.24) is 4.57 Å². The lowest BCUT2D eigenvalue weighted by atomic mass is 9.96. The average molecular weight is 267 g/mol. The molecule has 1 heterocycles. The van der Waals surface area contributed by atoms with E-state index in [2.05, 4.69) is 0 Å². The van der Waals surface area contributed by atoms with E-state index in [1.165, 1.54) is 24.0 Å². The number of carbonyl (C=O) groups is 1. The molecule has 3 heteroatoms. The predicted molar refractivity (Wildman–Crippen MR) is 79.3 cm³/mol. The fourth-order valence-electron chi connectivity index (χ4n) is 2.71. The van der Waals surface area contributed by atoms with E-state index in [0.717, 1.165) is 18.4 Å². The Labute approximate surface area is 118 Å². The highest BCUT2D eigenvalue weighted by Gasteiger charge is 2.16. The van der Waals surface area contributed by atoms with Crippen molar-refractivity contribution >= 4 is 17.7 Å². The molecule has 1 aromatic heterocycles. The first-order chi connectivity index (χ1) is 9.74. The fraction of sp³-hybridized carbons (Fsp3) is 0.235. The van der Waals surface area contributed by atoms with Gasteiger partial charge in [-0.05, 0) is 48.4 Å². The van der Waals surface area contributed by atoms with Gasteiger partial charge in [-0.1, -0.05) is 30.3 Å². The number of carboxylic acid groups (broad SMARTS) is 1. The van der Waals surface area contributed by atoms with Gasteiger partial charge in [0.25, 0.3) is 0 Å². The summed E-state index contributed by atoms with van der Waals surface area (Å²) in [6, 6.07) is 9.56. The van der Waals surface area contributed by atoms with Crippen LogP contribution < -0.4 is 0 Å². The topological polar surface area (TPSA) is 42.2 Å². The number of nitrogens with zero attached hydrogens (tertiary/aromatic N) is 1. The Morgan fingerprint density at radius 2 is 1.65 bits per heavy atom. The summed E-state index contributed by atoms with van der Waals surface area (Å²) in [6.45, 7) is 0. The van der Waals surface area contributed by atoms with Gasteiger partial charge in [0.15, 0.2) is 0 Å². The molecule has 1 aromatic carbocycles. The number of aryl methyl sites for hydroxylation is 2. The molecule has 3 nitrogen and oxygen atoms in total. The van der Waals surface area contributed by atoms with Crippen molar-refractivity contribution in [3.8, 4) is 0 Å². The minimum atomic E-state index is -0.902. The molecule has 0 saturated heterocycles. The molecule has 2 aromatic rings. The molecule has 0 atom stereocenters. The van der Waals surface area contributed by atoms with Crippen LogP contribution in [0.2, 0.25) is 0 Å². The molecule has 0 saturated carbocycles. The average Bonchev–Trinajstić information content (AvgIpc) is 2.89. The zero-order valence-corrected chi connectivity index (χ0v) is 11.2. The van der Waals surface area contributed by atoms with Crippen LogP contribution >= 0.6 is 0 Å². The Kier molecular flexibility index (Phi) is 3.42. The molecular weight excluding hydrogens is 250 g/mol. The molecular formula is C17H17NO2. The summed E-state index contributed by atoms with van der Waals surface area (Å²) < 4.78 is 1.76. The molecule has 1 aliphatic rings. The van der Waals surface area contributed by atoms with Crippen molar-refractivity contribution in [1.29, 1.82) is 0 Å². The molecule has 102 valence electrons. The maximum absolute atomic E-state index is 11.5. The van der Waals surface area contributed by atoms with E-state index in [0.29, 0.717) is 5.70 Å². The maximum Gasteiger partial charge on any atom is 0.352 e. The van der Waals surface area contributed by atoms with Gasteiger partial charge in [0.05, 0.1) is 0 Å². The van der Waals surface area contributed by atoms with Crippen LogP contribution in [0.25, 0.3) is 11.8 Å². The van der Waals surface area contributed by atoms with Gasteiger partial charge >= 0.3 is 5.97 Å². The Hall–Kier alpha value is -2.29. The van der Waals surface area contributed by atoms with Crippen LogP contribution in [0.4, 0.5) is 0 Å². The highest BCUT2D eigenvalue weighted by atomic mass is 16.4. The van der Waals surface area contributed by atoms with Gasteiger partial charge in [0, 0.05) is 12.4 Å². The molecule has 0 bridgehead atoms. The Morgan fingerprint density at radius 3 is 2.20 bits per heavy atom. The lowest BCUT2D eigenvalue weighted by Gasteiger charge is -2.08. The molecule has 1 N–H and O–H groups in total. The molecule has 0 unspecified atom stereocenters. The first kappa shape index (κ1) is 12.7. The van der Waals surface area contributed by atoms with E-state index in [-0.39, 0.29) is 0 Å². The van der Waals surface area contributed by atoms with Crippen LogP contribution in [0.1, 0.15) is 29.5 Å². The van der Waals surface area contributed by atoms with Crippen LogP contribution in [0, 0.1) is 0 Å². The van der Waals surface area contributed by atoms with E-state index in [1.807, 2.05) is 42.7 Å². The van der Waals surface area contributed by atoms with Gasteiger partial charge in [0.2, 0.25) is 0 Å². The van der Waals surface area contributed by atoms with Crippen LogP contribution in [-0.4, -0.2) is 15.6 Å². The van der Waals surface area contributed by atoms with E-state index >= 15 is 0 Å². The van der Waals surface area contributed by atoms with Crippen molar-refractivity contribution in [2.45, 2.75) is 25.7 Å². The Morgan fingerprint density at radius 1 is 1.05 bits per heavy atom. The van der Waals surface area contributed by atoms with Crippen molar-refractivity contribution in [2.24, 2.45) is 0 Å². The molecule has 0 amide bonds. The quantitative estimate of drug-likeness (QED) is 0.865. The molecule has 1 aliphatic carbocycles. The van der Waals surface area contributed by atoms with E-state index in [4.69, 9.17) is 0 Å². The summed E-state index contributed by atoms with van der Waals surface area (Å²) in [5.74, 6) is -0.902. The third-order valence-electron chi connectivity index (χ3n) is 3.74. The summed E-state index contributed by atoms with van der Waals surface area (Å²) >= 11 is 0. The van der Waals surface area contributed by atoms with Crippen molar-refractivity contribution in [3.63, 3.8) is 0 Å². The first-order valence-electron chi connectivity index (χ1n) is 6.94. The molecule has 3 rings (SSSR count). The van der Waals surface area contributed by atoms with Gasteiger partial charge < -0.3 is 9.67 Å². The molecule has 20 heavy (non-hydrogen) atoms. The monoisotopic (exact) mass is 267 g/mol. The third kappa shape index (κ3) is 2.52. The van der Waals surface area contributed by atoms with Crippen LogP contribution in [-0.2, 0) is 17.6 Å². The Balaban J connectivity index is 2.01. The number of carboxylic acids is 1. The highest BCUT2D eigenvalue weighted by Crippen LogP contribution is 2.24. The minimum Gasteiger partial charge on any atom is -0.477 e. The second-order valence-corrected chi connectivity index (χ2v) is 5.17. The van der Waals surface area contributed by atoms with Gasteiger partial charge in [-0.2, -0.15) is 0 Å². The summed E-state index contributed by atoms with van der Waals surface area (Å²) in [5, 5.41) is 9.46. The minimum absolute atomic E-state index is 0.297. The fourth-order valence-corrected chi connectivity index (χ4v) is 2.71. The Bertz CT molecular complexity index is 629. The van der Waals surface area contributed by atoms with Gasteiger partial charge in [-0.25, -0.2) is 4.79 Å². The smallest absolute Gasteiger partial charge is 0.352 e. The number of benzene rings is 1. The lowest BCUT2D eigenvalue weighted by molar-refractivity contribution is -0.130. The summed E-state index contributed by atoms with van der Waals surface area (Å²) in [5.41, 5.74) is 3.77. The van der Waals surface area contributed by atoms with Gasteiger partial charge in [0.1, 0.15) is 5.70 Å². The molecule has 0 fully saturated rings. The summed E-state index contributed by atoms with van der Waals surface area (Å²) in [6.07, 6.45) is 10.2. The third-order valence-corrected chi connectivity index (χ3v) is 3.74. The zero-order chi connectivity index (χ0) is 13.9. The number of fused-ring (bicyclic) bond motifs is 1. The predicted octanol–water partition coefficient (Wildman–Crippen LogP) is 3.45. The van der Waals surface area contributed by atoms with Crippen molar-refractivity contribution in [2.75, 3.05) is 0 Å². The SMILES string of the molecule is O=C(O)/C(=C\c1ccccc1)n1cc2c(c1)CCCC2. The number of hydrogen-bond donors (Lipinski definition) is 1. The number of aromatic nitrogens is 1. The van der Waals surface area contributed by atoms with Crippen molar-refractivity contribution < 1.29 is 9.90 Å². The van der Waals surface area contributed by atoms with Crippen LogP contribution in [0.15, 0.2) is 42.7 Å². The normalized spacial score (nSPS) is 14.9. The highest BCUT2D eigenvalue weighted by molar-refractivity contribution is 6.14. The standard InChI is InChI=1S/C17H17NO2/c19-17(20)16(10-13-6-2-1-3-7-13)18-11-14-8-4-5-9-15(14)12-18/h1-3,6-7,10-12H,4-5,8-9H2,(H,19,20)/b16-10+. The van der Waals surface area contributed by atoms with Gasteiger partial charge in [-0.15, -0.1) is 0 Å². The van der Waals surface area contributed by atoms with E-state index in [9.17, 15) is 9.90 Å². The van der Waals surface area contributed by atoms with Crippen molar-refractivity contribution in [3.05, 3.63) is 59.4 Å². The second kappa shape index (κ2) is 5.37. The number of rotatable bonds is 3. The summed E-state index contributed by atoms with van der Waals surface area (Å²) in [7, 11) is 0. The lowest BCUT2D eigenvalue weighted by Crippen LogP contribution is -2.05. The second-order valence-electron chi connectivity index (χ2n) is 5.17. The van der Waals surface area contributed by atoms with E-state index < -0.39 is 5.97 Å². The summed E-state index contributed by atoms with van der Waals surface area (Å²) in [4.78, 5) is 11.5. The maximum atomic E-state index is 11.5. The largest absolute Gasteiger partial charge is 0.477 e. The molecule has 0 radical (unpaired) electrons. The van der Waals surface area contributed by atoms with E-state index in [1.54, 1.807) is 10.6 Å². The van der Waals surface area contributed by atoms with Gasteiger partial charge in [-0.3, -0.25) is 0 Å². The van der Waals surface area contributed by atoms with Crippen LogP contribution in [0.5, 0.6) is 0 Å². The number of hydrogen-bond acceptors (Lipinski definition) is 1. The van der Waals surface area contributed by atoms with Crippen LogP contribution in [0.3, 0.4) is 0 Å². The first-order valence-corrected chi connectivity index (χ1v) is 6.94. The zero-order valence-electron chi connectivity index (χ0n) is 11.2. The number of aliphatic carboxylic acids is 1. The molecule has 0 spiro atoms. The molecule has 0 aliphatic heterocycles.